The maximum absolute atomic E-state index is 12.8. The Hall–Kier alpha value is -5.02. The minimum atomic E-state index is -0.0144. The van der Waals surface area contributed by atoms with Gasteiger partial charge in [0.25, 0.3) is 0 Å². The van der Waals surface area contributed by atoms with Gasteiger partial charge in [-0.3, -0.25) is 9.68 Å². The standard InChI is InChI=1S/C41H46ClN5O4/c42-34-10-7-13-37(28-34)44-40(27-30-16-20-33(21-17-30)41(48)45-35-11-5-2-6-12-35)47-51-50-38-24-22-36(23-25-38)43-39(46-49)26-29-14-18-32(19-15-29)31-8-3-1-4-9-31/h1-13,22-25,28-30,32-33,49H,14-21,26-27H2,(H,43,46)(H,44,47)(H,45,48)/t29-,30-,32+,33+. The van der Waals surface area contributed by atoms with Gasteiger partial charge in [-0.25, -0.2) is 0 Å². The summed E-state index contributed by atoms with van der Waals surface area (Å²) in [5.74, 6) is 3.09. The van der Waals surface area contributed by atoms with Crippen LogP contribution in [-0.2, 0) is 9.78 Å². The number of oxime groups is 2. The van der Waals surface area contributed by atoms with Gasteiger partial charge in [0, 0.05) is 40.8 Å². The van der Waals surface area contributed by atoms with Crippen LogP contribution in [0.4, 0.5) is 17.1 Å². The summed E-state index contributed by atoms with van der Waals surface area (Å²) in [6, 6.07) is 35.0. The normalized spacial score (nSPS) is 21.0. The highest BCUT2D eigenvalue weighted by Crippen LogP contribution is 2.37. The molecule has 0 atom stereocenters. The van der Waals surface area contributed by atoms with Crippen molar-refractivity contribution in [1.29, 1.82) is 0 Å². The largest absolute Gasteiger partial charge is 0.409 e. The Balaban J connectivity index is 0.984. The molecule has 266 valence electrons. The van der Waals surface area contributed by atoms with E-state index in [0.717, 1.165) is 68.4 Å². The first-order valence-electron chi connectivity index (χ1n) is 17.9. The van der Waals surface area contributed by atoms with Crippen LogP contribution in [0.2, 0.25) is 5.02 Å². The summed E-state index contributed by atoms with van der Waals surface area (Å²) in [6.07, 6.45) is 9.23. The molecule has 6 rings (SSSR count). The summed E-state index contributed by atoms with van der Waals surface area (Å²) in [5.41, 5.74) is 3.82. The van der Waals surface area contributed by atoms with E-state index in [0.29, 0.717) is 53.0 Å². The summed E-state index contributed by atoms with van der Waals surface area (Å²) >= 11 is 6.24. The Morgan fingerprint density at radius 2 is 1.25 bits per heavy atom. The van der Waals surface area contributed by atoms with E-state index in [1.54, 1.807) is 12.1 Å². The quantitative estimate of drug-likeness (QED) is 0.0383. The van der Waals surface area contributed by atoms with Crippen LogP contribution in [0.3, 0.4) is 0 Å². The number of amides is 1. The number of benzene rings is 4. The van der Waals surface area contributed by atoms with Crippen LogP contribution in [0.15, 0.2) is 120 Å². The molecule has 0 spiro atoms. The fraction of sp³-hybridized carbons (Fsp3) is 0.341. The molecule has 4 aromatic carbocycles. The molecule has 0 unspecified atom stereocenters. The van der Waals surface area contributed by atoms with Crippen LogP contribution in [0, 0.1) is 17.8 Å². The van der Waals surface area contributed by atoms with Crippen LogP contribution in [0.5, 0.6) is 5.75 Å². The Morgan fingerprint density at radius 1 is 0.667 bits per heavy atom. The van der Waals surface area contributed by atoms with Gasteiger partial charge in [0.05, 0.1) is 0 Å². The first-order chi connectivity index (χ1) is 25.0. The number of para-hydroxylation sites is 1. The molecule has 2 saturated carbocycles. The number of hydrogen-bond acceptors (Lipinski definition) is 6. The van der Waals surface area contributed by atoms with Crippen LogP contribution < -0.4 is 20.8 Å². The van der Waals surface area contributed by atoms with Gasteiger partial charge in [-0.2, -0.15) is 4.99 Å². The molecule has 0 bridgehead atoms. The second kappa shape index (κ2) is 18.3. The van der Waals surface area contributed by atoms with Gasteiger partial charge in [-0.05, 0) is 134 Å². The zero-order valence-corrected chi connectivity index (χ0v) is 29.5. The van der Waals surface area contributed by atoms with Crippen molar-refractivity contribution in [2.24, 2.45) is 28.1 Å². The average molecular weight is 708 g/mol. The molecular weight excluding hydrogens is 662 g/mol. The van der Waals surface area contributed by atoms with Gasteiger partial charge >= 0.3 is 0 Å². The number of halogens is 1. The second-order valence-electron chi connectivity index (χ2n) is 13.6. The minimum absolute atomic E-state index is 0.0144. The Morgan fingerprint density at radius 3 is 1.92 bits per heavy atom. The molecule has 4 N–H and O–H groups in total. The number of nitrogens with zero attached hydrogens (tertiary/aromatic N) is 2. The lowest BCUT2D eigenvalue weighted by Crippen LogP contribution is -2.28. The maximum atomic E-state index is 12.8. The molecule has 2 aliphatic carbocycles. The monoisotopic (exact) mass is 707 g/mol. The highest BCUT2D eigenvalue weighted by Gasteiger charge is 2.28. The summed E-state index contributed by atoms with van der Waals surface area (Å²) in [4.78, 5) is 23.8. The van der Waals surface area contributed by atoms with Gasteiger partial charge in [0.1, 0.15) is 5.84 Å². The van der Waals surface area contributed by atoms with E-state index in [4.69, 9.17) is 21.5 Å². The zero-order chi connectivity index (χ0) is 35.3. The second-order valence-corrected chi connectivity index (χ2v) is 14.1. The minimum Gasteiger partial charge on any atom is -0.409 e. The topological polar surface area (TPSA) is 117 Å². The summed E-state index contributed by atoms with van der Waals surface area (Å²) in [5, 5.41) is 27.8. The van der Waals surface area contributed by atoms with Gasteiger partial charge in [-0.15, -0.1) is 0 Å². The van der Waals surface area contributed by atoms with Gasteiger partial charge in [-0.1, -0.05) is 71.4 Å². The highest BCUT2D eigenvalue weighted by atomic mass is 35.5. The molecule has 51 heavy (non-hydrogen) atoms. The van der Waals surface area contributed by atoms with Crippen molar-refractivity contribution < 1.29 is 19.9 Å². The van der Waals surface area contributed by atoms with Gasteiger partial charge < -0.3 is 21.2 Å². The van der Waals surface area contributed by atoms with Crippen LogP contribution in [-0.4, -0.2) is 22.8 Å². The summed E-state index contributed by atoms with van der Waals surface area (Å²) in [7, 11) is 0. The fourth-order valence-corrected chi connectivity index (χ4v) is 7.38. The molecule has 0 aromatic heterocycles. The number of carbonyl (C=O) groups excluding carboxylic acids is 1. The molecule has 0 aliphatic heterocycles. The fourth-order valence-electron chi connectivity index (χ4n) is 7.19. The molecule has 10 heteroatoms. The van der Waals surface area contributed by atoms with Crippen molar-refractivity contribution >= 4 is 46.2 Å². The van der Waals surface area contributed by atoms with Crippen molar-refractivity contribution in [3.05, 3.63) is 120 Å². The lowest BCUT2D eigenvalue weighted by Gasteiger charge is -2.29. The van der Waals surface area contributed by atoms with Crippen LogP contribution >= 0.6 is 11.6 Å². The zero-order valence-electron chi connectivity index (χ0n) is 28.7. The first-order valence-corrected chi connectivity index (χ1v) is 18.3. The van der Waals surface area contributed by atoms with E-state index in [1.807, 2.05) is 66.7 Å². The van der Waals surface area contributed by atoms with Crippen molar-refractivity contribution in [3.63, 3.8) is 0 Å². The SMILES string of the molecule is O=C(Nc1ccccc1)[C@H]1CC[C@@H](C/C(=N/OOc2ccc(N/C(C[C@H]3CC[C@@H](c4ccccc4)CC3)=N\O)cc2)Nc2cccc(Cl)c2)CC1. The average Bonchev–Trinajstić information content (AvgIpc) is 3.16. The van der Waals surface area contributed by atoms with Crippen LogP contribution in [0.1, 0.15) is 75.7 Å². The molecule has 1 amide bonds. The molecule has 0 radical (unpaired) electrons. The number of rotatable bonds is 12. The smallest absolute Gasteiger partial charge is 0.227 e. The molecule has 2 aliphatic rings. The molecule has 4 aromatic rings. The number of nitrogens with one attached hydrogen (secondary N) is 3. The number of amidine groups is 2. The molecule has 0 heterocycles. The van der Waals surface area contributed by atoms with E-state index < -0.39 is 0 Å². The highest BCUT2D eigenvalue weighted by molar-refractivity contribution is 6.30. The van der Waals surface area contributed by atoms with Crippen molar-refractivity contribution in [3.8, 4) is 5.75 Å². The third-order valence-electron chi connectivity index (χ3n) is 10.00. The molecule has 2 fully saturated rings. The number of carbonyl (C=O) groups is 1. The third kappa shape index (κ3) is 11.0. The summed E-state index contributed by atoms with van der Waals surface area (Å²) < 4.78 is 0. The summed E-state index contributed by atoms with van der Waals surface area (Å²) in [6.45, 7) is 0. The predicted octanol–water partition coefficient (Wildman–Crippen LogP) is 10.5. The van der Waals surface area contributed by atoms with Crippen molar-refractivity contribution in [2.75, 3.05) is 16.0 Å². The van der Waals surface area contributed by atoms with E-state index in [1.165, 1.54) is 5.56 Å². The van der Waals surface area contributed by atoms with E-state index in [9.17, 15) is 10.0 Å². The molecule has 9 nitrogen and oxygen atoms in total. The van der Waals surface area contributed by atoms with E-state index in [-0.39, 0.29) is 11.8 Å². The van der Waals surface area contributed by atoms with Gasteiger partial charge in [0.2, 0.25) is 5.91 Å². The van der Waals surface area contributed by atoms with Crippen molar-refractivity contribution in [2.45, 2.75) is 70.1 Å². The number of hydrogen-bond donors (Lipinski definition) is 4. The predicted molar refractivity (Wildman–Crippen MR) is 204 cm³/mol. The Kier molecular flexibility index (Phi) is 12.8. The maximum Gasteiger partial charge on any atom is 0.227 e. The van der Waals surface area contributed by atoms with Gasteiger partial charge in [0.15, 0.2) is 11.6 Å². The Bertz CT molecular complexity index is 1740. The van der Waals surface area contributed by atoms with E-state index >= 15 is 0 Å². The van der Waals surface area contributed by atoms with E-state index in [2.05, 4.69) is 56.6 Å². The molecule has 0 saturated heterocycles. The number of anilines is 3. The van der Waals surface area contributed by atoms with Crippen molar-refractivity contribution in [1.82, 2.24) is 0 Å². The van der Waals surface area contributed by atoms with Crippen LogP contribution in [0.25, 0.3) is 0 Å². The third-order valence-corrected chi connectivity index (χ3v) is 10.2. The molecular formula is C41H46ClN5O4. The first kappa shape index (κ1) is 35.8. The lowest BCUT2D eigenvalue weighted by atomic mass is 9.77. The lowest BCUT2D eigenvalue weighted by molar-refractivity contribution is -0.207. The Labute approximate surface area is 305 Å².